The summed E-state index contributed by atoms with van der Waals surface area (Å²) in [5.41, 5.74) is -0.573. The van der Waals surface area contributed by atoms with Gasteiger partial charge in [0.1, 0.15) is 11.0 Å². The van der Waals surface area contributed by atoms with E-state index in [4.69, 9.17) is 28.3 Å². The van der Waals surface area contributed by atoms with Crippen LogP contribution in [0.4, 0.5) is 5.82 Å². The number of halogens is 2. The molecule has 0 saturated heterocycles. The molecule has 2 atom stereocenters. The molecule has 8 heteroatoms. The Morgan fingerprint density at radius 1 is 1.32 bits per heavy atom. The maximum Gasteiger partial charge on any atom is 0.307 e. The highest BCUT2D eigenvalue weighted by molar-refractivity contribution is 6.32. The molecular weight excluding hydrogens is 293 g/mol. The van der Waals surface area contributed by atoms with Crippen LogP contribution in [0, 0.1) is 17.3 Å². The Balaban J connectivity index is 2.13. The number of carbonyl (C=O) groups is 2. The minimum absolute atomic E-state index is 0.0901. The molecule has 1 amide bonds. The topological polar surface area (TPSA) is 92.2 Å². The summed E-state index contributed by atoms with van der Waals surface area (Å²) in [5, 5.41) is 11.5. The first kappa shape index (κ1) is 14.0. The lowest BCUT2D eigenvalue weighted by Gasteiger charge is -2.05. The zero-order chi connectivity index (χ0) is 14.4. The van der Waals surface area contributed by atoms with E-state index in [1.54, 1.807) is 13.8 Å². The summed E-state index contributed by atoms with van der Waals surface area (Å²) >= 11 is 11.3. The third-order valence-electron chi connectivity index (χ3n) is 3.29. The molecule has 1 aliphatic carbocycles. The van der Waals surface area contributed by atoms with Gasteiger partial charge in [-0.3, -0.25) is 9.59 Å². The van der Waals surface area contributed by atoms with Crippen molar-refractivity contribution >= 4 is 40.9 Å². The molecule has 6 nitrogen and oxygen atoms in total. The predicted octanol–water partition coefficient (Wildman–Crippen LogP) is 2.08. The normalized spacial score (nSPS) is 23.8. The lowest BCUT2D eigenvalue weighted by molar-refractivity contribution is -0.140. The molecule has 1 heterocycles. The van der Waals surface area contributed by atoms with Crippen molar-refractivity contribution in [2.75, 3.05) is 5.32 Å². The number of carboxylic acid groups (broad SMARTS) is 1. The third kappa shape index (κ3) is 2.64. The highest BCUT2D eigenvalue weighted by Crippen LogP contribution is 2.58. The number of carbonyl (C=O) groups excluding carboxylic acids is 1. The van der Waals surface area contributed by atoms with Gasteiger partial charge in [0.15, 0.2) is 0 Å². The van der Waals surface area contributed by atoms with Crippen molar-refractivity contribution in [2.24, 2.45) is 17.3 Å². The molecule has 0 spiro atoms. The molecule has 102 valence electrons. The number of hydrogen-bond donors (Lipinski definition) is 2. The van der Waals surface area contributed by atoms with Crippen LogP contribution in [0.3, 0.4) is 0 Å². The Morgan fingerprint density at radius 2 is 1.95 bits per heavy atom. The molecule has 19 heavy (non-hydrogen) atoms. The smallest absolute Gasteiger partial charge is 0.307 e. The Bertz CT molecular complexity index is 542. The first-order valence-electron chi connectivity index (χ1n) is 5.47. The number of anilines is 1. The lowest BCUT2D eigenvalue weighted by atomic mass is 10.1. The largest absolute Gasteiger partial charge is 0.481 e. The molecule has 2 unspecified atom stereocenters. The molecule has 0 aromatic carbocycles. The molecule has 2 N–H and O–H groups in total. The second-order valence-electron chi connectivity index (χ2n) is 4.95. The number of rotatable bonds is 3. The predicted molar refractivity (Wildman–Crippen MR) is 69.1 cm³/mol. The second kappa shape index (κ2) is 4.61. The molecule has 2 rings (SSSR count). The molecule has 1 aliphatic rings. The highest BCUT2D eigenvalue weighted by atomic mass is 35.5. The van der Waals surface area contributed by atoms with Crippen molar-refractivity contribution in [3.8, 4) is 0 Å². The van der Waals surface area contributed by atoms with Crippen molar-refractivity contribution < 1.29 is 14.7 Å². The number of amides is 1. The number of aliphatic carboxylic acids is 1. The molecule has 0 bridgehead atoms. The quantitative estimate of drug-likeness (QED) is 0.659. The monoisotopic (exact) mass is 303 g/mol. The number of hydrogen-bond acceptors (Lipinski definition) is 4. The van der Waals surface area contributed by atoms with Gasteiger partial charge in [0, 0.05) is 6.07 Å². The van der Waals surface area contributed by atoms with E-state index < -0.39 is 29.1 Å². The van der Waals surface area contributed by atoms with Crippen LogP contribution in [0.1, 0.15) is 13.8 Å². The number of carboxylic acids is 1. The van der Waals surface area contributed by atoms with Gasteiger partial charge in [-0.15, -0.1) is 0 Å². The van der Waals surface area contributed by atoms with Gasteiger partial charge in [0.05, 0.1) is 11.8 Å². The van der Waals surface area contributed by atoms with Crippen molar-refractivity contribution in [3.05, 3.63) is 16.5 Å². The maximum atomic E-state index is 12.0. The van der Waals surface area contributed by atoms with Crippen molar-refractivity contribution in [1.82, 2.24) is 9.97 Å². The first-order chi connectivity index (χ1) is 8.73. The zero-order valence-corrected chi connectivity index (χ0v) is 11.7. The van der Waals surface area contributed by atoms with Crippen LogP contribution in [0.15, 0.2) is 6.07 Å². The highest BCUT2D eigenvalue weighted by Gasteiger charge is 2.65. The van der Waals surface area contributed by atoms with Gasteiger partial charge < -0.3 is 10.4 Å². The fourth-order valence-corrected chi connectivity index (χ4v) is 2.65. The molecular formula is C11H11Cl2N3O3. The third-order valence-corrected chi connectivity index (χ3v) is 3.66. The van der Waals surface area contributed by atoms with Gasteiger partial charge in [-0.2, -0.15) is 0 Å². The summed E-state index contributed by atoms with van der Waals surface area (Å²) < 4.78 is 0. The fraction of sp³-hybridized carbons (Fsp3) is 0.455. The zero-order valence-electron chi connectivity index (χ0n) is 10.1. The van der Waals surface area contributed by atoms with Crippen LogP contribution >= 0.6 is 23.2 Å². The molecule has 1 saturated carbocycles. The fourth-order valence-electron chi connectivity index (χ4n) is 2.25. The molecule has 0 radical (unpaired) electrons. The van der Waals surface area contributed by atoms with E-state index in [0.717, 1.165) is 0 Å². The van der Waals surface area contributed by atoms with E-state index >= 15 is 0 Å². The molecule has 1 aromatic heterocycles. The van der Waals surface area contributed by atoms with E-state index in [2.05, 4.69) is 15.3 Å². The number of aromatic nitrogens is 2. The Kier molecular flexibility index (Phi) is 3.40. The van der Waals surface area contributed by atoms with E-state index in [1.165, 1.54) is 6.07 Å². The first-order valence-corrected chi connectivity index (χ1v) is 6.23. The maximum absolute atomic E-state index is 12.0. The second-order valence-corrected chi connectivity index (χ2v) is 5.67. The summed E-state index contributed by atoms with van der Waals surface area (Å²) in [5.74, 6) is -2.54. The van der Waals surface area contributed by atoms with E-state index in [9.17, 15) is 9.59 Å². The van der Waals surface area contributed by atoms with Gasteiger partial charge in [0.2, 0.25) is 11.2 Å². The minimum atomic E-state index is -0.982. The summed E-state index contributed by atoms with van der Waals surface area (Å²) in [6, 6.07) is 1.34. The van der Waals surface area contributed by atoms with Crippen molar-refractivity contribution in [2.45, 2.75) is 13.8 Å². The number of nitrogens with zero attached hydrogens (tertiary/aromatic N) is 2. The van der Waals surface area contributed by atoms with Gasteiger partial charge in [-0.1, -0.05) is 25.4 Å². The Morgan fingerprint density at radius 3 is 2.42 bits per heavy atom. The van der Waals surface area contributed by atoms with E-state index in [0.29, 0.717) is 0 Å². The van der Waals surface area contributed by atoms with Gasteiger partial charge in [-0.05, 0) is 17.0 Å². The average molecular weight is 304 g/mol. The lowest BCUT2D eigenvalue weighted by Crippen LogP contribution is -2.18. The van der Waals surface area contributed by atoms with Gasteiger partial charge >= 0.3 is 5.97 Å². The Hall–Kier alpha value is -1.40. The van der Waals surface area contributed by atoms with E-state index in [1.807, 2.05) is 0 Å². The van der Waals surface area contributed by atoms with Crippen LogP contribution in [0.25, 0.3) is 0 Å². The average Bonchev–Trinajstić information content (AvgIpc) is 2.80. The van der Waals surface area contributed by atoms with Crippen LogP contribution < -0.4 is 5.32 Å². The van der Waals surface area contributed by atoms with E-state index in [-0.39, 0.29) is 16.3 Å². The van der Waals surface area contributed by atoms with Gasteiger partial charge in [-0.25, -0.2) is 9.97 Å². The molecule has 0 aliphatic heterocycles. The van der Waals surface area contributed by atoms with Gasteiger partial charge in [0.25, 0.3) is 0 Å². The van der Waals surface area contributed by atoms with Crippen LogP contribution in [-0.2, 0) is 9.59 Å². The number of nitrogens with one attached hydrogen (secondary N) is 1. The van der Waals surface area contributed by atoms with Crippen molar-refractivity contribution in [1.29, 1.82) is 0 Å². The summed E-state index contributed by atoms with van der Waals surface area (Å²) in [6.45, 7) is 3.46. The summed E-state index contributed by atoms with van der Waals surface area (Å²) in [4.78, 5) is 30.5. The molecule has 1 aromatic rings. The standard InChI is InChI=1S/C11H11Cl2N3O3/c1-11(2)6(7(11)9(18)19)8(17)15-5-3-4(12)14-10(13)16-5/h3,6-7H,1-2H3,(H,18,19)(H,14,15,16,17). The summed E-state index contributed by atoms with van der Waals surface area (Å²) in [7, 11) is 0. The van der Waals surface area contributed by atoms with Crippen LogP contribution in [-0.4, -0.2) is 27.0 Å². The SMILES string of the molecule is CC1(C)C(C(=O)O)C1C(=O)Nc1cc(Cl)nc(Cl)n1. The molecule has 1 fully saturated rings. The van der Waals surface area contributed by atoms with Crippen LogP contribution in [0.2, 0.25) is 10.4 Å². The van der Waals surface area contributed by atoms with Crippen molar-refractivity contribution in [3.63, 3.8) is 0 Å². The van der Waals surface area contributed by atoms with Crippen LogP contribution in [0.5, 0.6) is 0 Å². The summed E-state index contributed by atoms with van der Waals surface area (Å²) in [6.07, 6.45) is 0. The minimum Gasteiger partial charge on any atom is -0.481 e. The Labute approximate surface area is 119 Å².